The Hall–Kier alpha value is -1.02. The van der Waals surface area contributed by atoms with Crippen LogP contribution in [0.25, 0.3) is 0 Å². The molecule has 1 aliphatic carbocycles. The molecule has 1 aromatic rings. The van der Waals surface area contributed by atoms with Gasteiger partial charge in [0.25, 0.3) is 0 Å². The molecule has 0 amide bonds. The van der Waals surface area contributed by atoms with Crippen molar-refractivity contribution >= 4 is 0 Å². The fourth-order valence-electron chi connectivity index (χ4n) is 3.95. The summed E-state index contributed by atoms with van der Waals surface area (Å²) in [7, 11) is 4.38. The van der Waals surface area contributed by atoms with Crippen LogP contribution in [0.1, 0.15) is 38.2 Å². The van der Waals surface area contributed by atoms with Gasteiger partial charge in [-0.1, -0.05) is 24.6 Å². The van der Waals surface area contributed by atoms with Crippen molar-refractivity contribution < 1.29 is 4.74 Å². The van der Waals surface area contributed by atoms with Crippen molar-refractivity contribution in [2.45, 2.75) is 50.7 Å². The molecule has 2 heteroatoms. The van der Waals surface area contributed by atoms with E-state index in [0.29, 0.717) is 12.0 Å². The maximum absolute atomic E-state index is 6.49. The van der Waals surface area contributed by atoms with E-state index >= 15 is 0 Å². The van der Waals surface area contributed by atoms with Gasteiger partial charge in [0.15, 0.2) is 0 Å². The summed E-state index contributed by atoms with van der Waals surface area (Å²) in [6, 6.07) is 9.17. The van der Waals surface area contributed by atoms with Gasteiger partial charge in [-0.25, -0.2) is 0 Å². The quantitative estimate of drug-likeness (QED) is 0.806. The van der Waals surface area contributed by atoms with E-state index in [1.165, 1.54) is 31.2 Å². The van der Waals surface area contributed by atoms with E-state index < -0.39 is 0 Å². The Labute approximate surface area is 116 Å². The third-order valence-electron chi connectivity index (χ3n) is 5.21. The number of para-hydroxylation sites is 1. The van der Waals surface area contributed by atoms with Gasteiger partial charge in [0.2, 0.25) is 0 Å². The highest BCUT2D eigenvalue weighted by Crippen LogP contribution is 2.47. The number of benzene rings is 1. The molecular weight excluding hydrogens is 234 g/mol. The smallest absolute Gasteiger partial charge is 0.123 e. The summed E-state index contributed by atoms with van der Waals surface area (Å²) in [5.74, 6) is 1.77. The Balaban J connectivity index is 1.90. The van der Waals surface area contributed by atoms with E-state index in [2.05, 4.69) is 50.2 Å². The van der Waals surface area contributed by atoms with E-state index in [1.54, 1.807) is 0 Å². The predicted octanol–water partition coefficient (Wildman–Crippen LogP) is 3.50. The van der Waals surface area contributed by atoms with Gasteiger partial charge in [0, 0.05) is 18.4 Å². The average Bonchev–Trinajstić information content (AvgIpc) is 2.76. The molecule has 1 aliphatic heterocycles. The zero-order chi connectivity index (χ0) is 13.5. The van der Waals surface area contributed by atoms with Gasteiger partial charge < -0.3 is 9.64 Å². The first-order chi connectivity index (χ1) is 9.12. The number of ether oxygens (including phenoxy) is 1. The molecule has 3 atom stereocenters. The van der Waals surface area contributed by atoms with E-state index in [9.17, 15) is 0 Å². The van der Waals surface area contributed by atoms with Crippen LogP contribution in [0.4, 0.5) is 0 Å². The van der Waals surface area contributed by atoms with Gasteiger partial charge in [-0.15, -0.1) is 0 Å². The molecule has 1 saturated carbocycles. The Morgan fingerprint density at radius 2 is 2.05 bits per heavy atom. The summed E-state index contributed by atoms with van der Waals surface area (Å²) in [4.78, 5) is 2.35. The molecule has 0 aromatic heterocycles. The van der Waals surface area contributed by atoms with E-state index in [-0.39, 0.29) is 5.60 Å². The lowest BCUT2D eigenvalue weighted by atomic mass is 9.70. The molecule has 104 valence electrons. The first-order valence-corrected chi connectivity index (χ1v) is 7.56. The molecule has 0 radical (unpaired) electrons. The molecule has 3 rings (SSSR count). The van der Waals surface area contributed by atoms with Crippen molar-refractivity contribution in [3.05, 3.63) is 29.8 Å². The lowest BCUT2D eigenvalue weighted by Crippen LogP contribution is -2.52. The highest BCUT2D eigenvalue weighted by molar-refractivity contribution is 5.39. The fourth-order valence-corrected chi connectivity index (χ4v) is 3.95. The van der Waals surface area contributed by atoms with Crippen LogP contribution in [-0.2, 0) is 6.42 Å². The van der Waals surface area contributed by atoms with Crippen LogP contribution in [0, 0.1) is 5.92 Å². The van der Waals surface area contributed by atoms with Crippen LogP contribution in [0.2, 0.25) is 0 Å². The van der Waals surface area contributed by atoms with Crippen molar-refractivity contribution in [1.82, 2.24) is 4.90 Å². The van der Waals surface area contributed by atoms with E-state index in [1.807, 2.05) is 0 Å². The van der Waals surface area contributed by atoms with Crippen LogP contribution >= 0.6 is 0 Å². The van der Waals surface area contributed by atoms with Gasteiger partial charge in [-0.3, -0.25) is 0 Å². The minimum atomic E-state index is 0.0611. The summed E-state index contributed by atoms with van der Waals surface area (Å²) in [5.41, 5.74) is 1.46. The van der Waals surface area contributed by atoms with Gasteiger partial charge >= 0.3 is 0 Å². The number of nitrogens with zero attached hydrogens (tertiary/aromatic N) is 1. The van der Waals surface area contributed by atoms with E-state index in [0.717, 1.165) is 12.2 Å². The summed E-state index contributed by atoms with van der Waals surface area (Å²) >= 11 is 0. The molecule has 2 aliphatic rings. The Bertz CT molecular complexity index is 429. The van der Waals surface area contributed by atoms with Crippen LogP contribution in [0.15, 0.2) is 24.3 Å². The molecule has 19 heavy (non-hydrogen) atoms. The number of hydrogen-bond acceptors (Lipinski definition) is 2. The predicted molar refractivity (Wildman–Crippen MR) is 78.6 cm³/mol. The van der Waals surface area contributed by atoms with Crippen molar-refractivity contribution in [2.24, 2.45) is 5.92 Å². The standard InChI is InChI=1S/C17H25NO/c1-13(18(2)3)15-9-6-7-11-17(15)12-14-8-4-5-10-16(14)19-17/h4-5,8,10,13,15H,6-7,9,11-12H2,1-3H3/t13?,15?,17-/m1/s1. The summed E-state index contributed by atoms with van der Waals surface area (Å²) in [6.45, 7) is 2.35. The molecule has 0 bridgehead atoms. The molecule has 2 nitrogen and oxygen atoms in total. The summed E-state index contributed by atoms with van der Waals surface area (Å²) in [5, 5.41) is 0. The summed E-state index contributed by atoms with van der Waals surface area (Å²) < 4.78 is 6.49. The number of rotatable bonds is 2. The first kappa shape index (κ1) is 13.0. The molecule has 1 heterocycles. The Kier molecular flexibility index (Phi) is 3.30. The number of hydrogen-bond donors (Lipinski definition) is 0. The van der Waals surface area contributed by atoms with Crippen molar-refractivity contribution in [3.8, 4) is 5.75 Å². The normalized spacial score (nSPS) is 31.3. The molecule has 0 N–H and O–H groups in total. The first-order valence-electron chi connectivity index (χ1n) is 7.56. The molecule has 1 fully saturated rings. The number of fused-ring (bicyclic) bond motifs is 1. The van der Waals surface area contributed by atoms with Crippen LogP contribution in [-0.4, -0.2) is 30.6 Å². The third kappa shape index (κ3) is 2.16. The molecular formula is C17H25NO. The highest BCUT2D eigenvalue weighted by Gasteiger charge is 2.49. The zero-order valence-electron chi connectivity index (χ0n) is 12.4. The van der Waals surface area contributed by atoms with Gasteiger partial charge in [0.05, 0.1) is 0 Å². The second kappa shape index (κ2) is 4.82. The lowest BCUT2D eigenvalue weighted by Gasteiger charge is -2.45. The van der Waals surface area contributed by atoms with Crippen molar-refractivity contribution in [3.63, 3.8) is 0 Å². The van der Waals surface area contributed by atoms with Crippen molar-refractivity contribution in [2.75, 3.05) is 14.1 Å². The monoisotopic (exact) mass is 259 g/mol. The summed E-state index contributed by atoms with van der Waals surface area (Å²) in [6.07, 6.45) is 6.28. The second-order valence-corrected chi connectivity index (χ2v) is 6.51. The van der Waals surface area contributed by atoms with Gasteiger partial charge in [-0.05, 0) is 51.9 Å². The molecule has 1 spiro atoms. The van der Waals surface area contributed by atoms with Crippen LogP contribution in [0.5, 0.6) is 5.75 Å². The van der Waals surface area contributed by atoms with Crippen molar-refractivity contribution in [1.29, 1.82) is 0 Å². The maximum atomic E-state index is 6.49. The van der Waals surface area contributed by atoms with E-state index in [4.69, 9.17) is 4.74 Å². The fraction of sp³-hybridized carbons (Fsp3) is 0.647. The molecule has 0 saturated heterocycles. The largest absolute Gasteiger partial charge is 0.486 e. The molecule has 1 aromatic carbocycles. The highest BCUT2D eigenvalue weighted by atomic mass is 16.5. The van der Waals surface area contributed by atoms with Gasteiger partial charge in [0.1, 0.15) is 11.4 Å². The van der Waals surface area contributed by atoms with Gasteiger partial charge in [-0.2, -0.15) is 0 Å². The SMILES string of the molecule is CC(C1CCCC[C@@]12Cc1ccccc1O2)N(C)C. The Morgan fingerprint density at radius 1 is 1.26 bits per heavy atom. The average molecular weight is 259 g/mol. The Morgan fingerprint density at radius 3 is 2.79 bits per heavy atom. The third-order valence-corrected chi connectivity index (χ3v) is 5.21. The minimum absolute atomic E-state index is 0.0611. The second-order valence-electron chi connectivity index (χ2n) is 6.51. The molecule has 2 unspecified atom stereocenters. The topological polar surface area (TPSA) is 12.5 Å². The van der Waals surface area contributed by atoms with Crippen LogP contribution in [0.3, 0.4) is 0 Å². The minimum Gasteiger partial charge on any atom is -0.486 e. The maximum Gasteiger partial charge on any atom is 0.123 e. The lowest BCUT2D eigenvalue weighted by molar-refractivity contribution is -0.0360. The van der Waals surface area contributed by atoms with Crippen LogP contribution < -0.4 is 4.74 Å². The zero-order valence-corrected chi connectivity index (χ0v) is 12.4.